The molecule has 0 radical (unpaired) electrons. The minimum absolute atomic E-state index is 0.653. The number of rotatable bonds is 4. The lowest BCUT2D eigenvalue weighted by atomic mass is 10.1. The van der Waals surface area contributed by atoms with Gasteiger partial charge in [0.25, 0.3) is 0 Å². The van der Waals surface area contributed by atoms with Gasteiger partial charge in [-0.1, -0.05) is 0 Å². The number of hydrogen-bond acceptors (Lipinski definition) is 4. The molecule has 0 aliphatic heterocycles. The molecule has 0 spiro atoms. The second-order valence-corrected chi connectivity index (χ2v) is 3.96. The van der Waals surface area contributed by atoms with Crippen molar-refractivity contribution in [3.05, 3.63) is 0 Å². The number of ether oxygens (including phenoxy) is 1. The fourth-order valence-electron chi connectivity index (χ4n) is 0.773. The fourth-order valence-corrected chi connectivity index (χ4v) is 0.773. The van der Waals surface area contributed by atoms with Crippen LogP contribution in [0.5, 0.6) is 0 Å². The predicted octanol–water partition coefficient (Wildman–Crippen LogP) is 1.27. The molecule has 1 amide bonds. The summed E-state index contributed by atoms with van der Waals surface area (Å²) in [6, 6.07) is -0.306. The maximum absolute atomic E-state index is 11.4. The Morgan fingerprint density at radius 3 is 2.56 bits per heavy atom. The normalized spacial score (nSPS) is 15.1. The van der Waals surface area contributed by atoms with Gasteiger partial charge in [0, 0.05) is 9.16 Å². The first-order valence-corrected chi connectivity index (χ1v) is 4.59. The summed E-state index contributed by atoms with van der Waals surface area (Å²) < 4.78 is 19.7. The minimum atomic E-state index is -2.38. The lowest BCUT2D eigenvalue weighted by Gasteiger charge is -2.21. The predicted molar refractivity (Wildman–Crippen MR) is 55.6 cm³/mol. The number of nitrogens with zero attached hydrogens (tertiary/aromatic N) is 1. The molecule has 0 aliphatic rings. The Labute approximate surface area is 97.0 Å². The Hall–Kier alpha value is -1.77. The molecule has 6 nitrogen and oxygen atoms in total. The molecule has 6 heteroatoms. The number of alkyl carbamates (subject to hydrolysis) is 1. The summed E-state index contributed by atoms with van der Waals surface area (Å²) in [7, 11) is 0. The Kier molecular flexibility index (Phi) is 4.00. The van der Waals surface area contributed by atoms with E-state index >= 15 is 0 Å². The zero-order valence-electron chi connectivity index (χ0n) is 11.4. The van der Waals surface area contributed by atoms with Crippen LogP contribution in [0.3, 0.4) is 0 Å². The first kappa shape index (κ1) is 10.7. The van der Waals surface area contributed by atoms with Crippen LogP contribution in [-0.4, -0.2) is 28.8 Å². The molecule has 0 rings (SSSR count). The highest BCUT2D eigenvalue weighted by Crippen LogP contribution is 2.07. The maximum Gasteiger partial charge on any atom is 0.408 e. The van der Waals surface area contributed by atoms with Gasteiger partial charge in [-0.05, 0) is 27.1 Å². The van der Waals surface area contributed by atoms with Gasteiger partial charge in [0.15, 0.2) is 0 Å². The van der Waals surface area contributed by atoms with E-state index in [1.807, 2.05) is 5.32 Å². The van der Waals surface area contributed by atoms with Crippen molar-refractivity contribution < 1.29 is 22.2 Å². The molecule has 0 aromatic carbocycles. The van der Waals surface area contributed by atoms with Crippen molar-refractivity contribution in [3.8, 4) is 6.07 Å². The van der Waals surface area contributed by atoms with Crippen molar-refractivity contribution in [2.75, 3.05) is 0 Å². The standard InChI is InChI=1S/C10H16N2O4/c1-10(2,3)16-9(15)12-7(8(13)14)5-4-6-11/h7H,4-5H2,1-3H3,(H,12,15)(H,13,14)/i5D2. The zero-order valence-corrected chi connectivity index (χ0v) is 9.40. The highest BCUT2D eigenvalue weighted by Gasteiger charge is 2.23. The molecule has 0 saturated heterocycles. The van der Waals surface area contributed by atoms with Gasteiger partial charge in [-0.25, -0.2) is 9.59 Å². The number of amides is 1. The fraction of sp³-hybridized carbons (Fsp3) is 0.700. The number of aliphatic carboxylic acids is 1. The van der Waals surface area contributed by atoms with Gasteiger partial charge in [0.2, 0.25) is 0 Å². The zero-order chi connectivity index (χ0) is 14.6. The first-order chi connectivity index (χ1) is 7.99. The highest BCUT2D eigenvalue weighted by molar-refractivity contribution is 5.79. The van der Waals surface area contributed by atoms with E-state index in [9.17, 15) is 9.59 Å². The van der Waals surface area contributed by atoms with Crippen molar-refractivity contribution in [3.63, 3.8) is 0 Å². The summed E-state index contributed by atoms with van der Waals surface area (Å²) in [4.78, 5) is 22.3. The molecule has 0 bridgehead atoms. The van der Waals surface area contributed by atoms with E-state index in [1.54, 1.807) is 20.8 Å². The van der Waals surface area contributed by atoms with Gasteiger partial charge in [0.1, 0.15) is 11.6 Å². The van der Waals surface area contributed by atoms with E-state index < -0.39 is 36.5 Å². The van der Waals surface area contributed by atoms with Gasteiger partial charge in [0.05, 0.1) is 6.07 Å². The number of nitriles is 1. The number of carbonyl (C=O) groups excluding carboxylic acids is 1. The Morgan fingerprint density at radius 2 is 2.19 bits per heavy atom. The Bertz CT molecular complexity index is 371. The molecule has 16 heavy (non-hydrogen) atoms. The van der Waals surface area contributed by atoms with Crippen molar-refractivity contribution in [1.29, 1.82) is 5.26 Å². The number of nitrogens with one attached hydrogen (secondary N) is 1. The number of carboxylic acids is 1. The van der Waals surface area contributed by atoms with Crippen LogP contribution in [0.4, 0.5) is 4.79 Å². The molecule has 0 aliphatic carbocycles. The van der Waals surface area contributed by atoms with Crippen LogP contribution < -0.4 is 5.32 Å². The largest absolute Gasteiger partial charge is 0.480 e. The number of carbonyl (C=O) groups is 2. The molecular formula is C10H16N2O4. The molecule has 1 atom stereocenters. The Balaban J connectivity index is 4.81. The molecule has 90 valence electrons. The molecule has 0 fully saturated rings. The average molecular weight is 230 g/mol. The first-order valence-electron chi connectivity index (χ1n) is 5.59. The summed E-state index contributed by atoms with van der Waals surface area (Å²) in [5, 5.41) is 19.2. The molecule has 1 unspecified atom stereocenters. The number of hydrogen-bond donors (Lipinski definition) is 2. The second-order valence-electron chi connectivity index (χ2n) is 3.96. The van der Waals surface area contributed by atoms with E-state index in [-0.39, 0.29) is 0 Å². The Morgan fingerprint density at radius 1 is 1.62 bits per heavy atom. The quantitative estimate of drug-likeness (QED) is 0.757. The van der Waals surface area contributed by atoms with Crippen LogP contribution in [0.15, 0.2) is 0 Å². The molecule has 2 N–H and O–H groups in total. The van der Waals surface area contributed by atoms with Crippen LogP contribution in [-0.2, 0) is 9.53 Å². The average Bonchev–Trinajstić information content (AvgIpc) is 2.10. The van der Waals surface area contributed by atoms with E-state index in [2.05, 4.69) is 0 Å². The van der Waals surface area contributed by atoms with Crippen molar-refractivity contribution >= 4 is 12.1 Å². The monoisotopic (exact) mass is 230 g/mol. The molecule has 0 heterocycles. The molecule has 0 aromatic rings. The summed E-state index contributed by atoms with van der Waals surface area (Å²) in [5.74, 6) is -1.57. The SMILES string of the molecule is [2H]C([2H])(CC#N)C(NC(=O)OC(C)(C)C)C(=O)O. The van der Waals surface area contributed by atoms with E-state index in [0.29, 0.717) is 0 Å². The van der Waals surface area contributed by atoms with Gasteiger partial charge >= 0.3 is 12.1 Å². The highest BCUT2D eigenvalue weighted by atomic mass is 16.6. The van der Waals surface area contributed by atoms with Gasteiger partial charge in [-0.15, -0.1) is 0 Å². The van der Waals surface area contributed by atoms with E-state index in [0.717, 1.165) is 0 Å². The number of carboxylic acid groups (broad SMARTS) is 1. The summed E-state index contributed by atoms with van der Waals surface area (Å²) in [6.07, 6.45) is -4.08. The van der Waals surface area contributed by atoms with Gasteiger partial charge < -0.3 is 15.2 Å². The van der Waals surface area contributed by atoms with E-state index in [4.69, 9.17) is 17.8 Å². The third kappa shape index (κ3) is 6.65. The second kappa shape index (κ2) is 5.95. The third-order valence-corrected chi connectivity index (χ3v) is 1.29. The van der Waals surface area contributed by atoms with Crippen molar-refractivity contribution in [1.82, 2.24) is 5.32 Å². The van der Waals surface area contributed by atoms with Crippen molar-refractivity contribution in [2.24, 2.45) is 0 Å². The topological polar surface area (TPSA) is 99.4 Å². The van der Waals surface area contributed by atoms with Crippen LogP contribution in [0, 0.1) is 11.3 Å². The van der Waals surface area contributed by atoms with Crippen LogP contribution in [0.25, 0.3) is 0 Å². The van der Waals surface area contributed by atoms with Crippen molar-refractivity contribution in [2.45, 2.75) is 45.2 Å². The molecule has 0 aromatic heterocycles. The van der Waals surface area contributed by atoms with Gasteiger partial charge in [-0.2, -0.15) is 5.26 Å². The minimum Gasteiger partial charge on any atom is -0.480 e. The summed E-state index contributed by atoms with van der Waals surface area (Å²) in [5.41, 5.74) is -0.824. The summed E-state index contributed by atoms with van der Waals surface area (Å²) >= 11 is 0. The van der Waals surface area contributed by atoms with Crippen LogP contribution >= 0.6 is 0 Å². The molecular weight excluding hydrogens is 212 g/mol. The van der Waals surface area contributed by atoms with Crippen LogP contribution in [0.1, 0.15) is 36.3 Å². The lowest BCUT2D eigenvalue weighted by Crippen LogP contribution is -2.43. The smallest absolute Gasteiger partial charge is 0.408 e. The maximum atomic E-state index is 11.4. The summed E-state index contributed by atoms with van der Waals surface area (Å²) in [6.45, 7) is 4.77. The molecule has 0 saturated carbocycles. The lowest BCUT2D eigenvalue weighted by molar-refractivity contribution is -0.139. The van der Waals surface area contributed by atoms with Gasteiger partial charge in [-0.3, -0.25) is 0 Å². The third-order valence-electron chi connectivity index (χ3n) is 1.29. The van der Waals surface area contributed by atoms with E-state index in [1.165, 1.54) is 6.07 Å². The van der Waals surface area contributed by atoms with Crippen LogP contribution in [0.2, 0.25) is 0 Å².